The molecule has 1 aliphatic rings. The molecule has 1 heterocycles. The Labute approximate surface area is 95.7 Å². The summed E-state index contributed by atoms with van der Waals surface area (Å²) in [5, 5.41) is 8.70. The summed E-state index contributed by atoms with van der Waals surface area (Å²) in [7, 11) is 2.02. The van der Waals surface area contributed by atoms with Crippen molar-refractivity contribution in [2.24, 2.45) is 11.7 Å². The molecule has 4 heteroatoms. The Morgan fingerprint density at radius 3 is 2.81 bits per heavy atom. The van der Waals surface area contributed by atoms with Crippen molar-refractivity contribution < 1.29 is 0 Å². The lowest BCUT2D eigenvalue weighted by atomic mass is 10.1. The van der Waals surface area contributed by atoms with Crippen LogP contribution in [-0.2, 0) is 0 Å². The van der Waals surface area contributed by atoms with Crippen molar-refractivity contribution in [2.45, 2.75) is 18.9 Å². The molecule has 0 aliphatic heterocycles. The number of likely N-dealkylation sites (N-methyl/N-ethyl adjacent to an activating group) is 1. The smallest absolute Gasteiger partial charge is 0.128 e. The molecule has 0 amide bonds. The highest BCUT2D eigenvalue weighted by molar-refractivity contribution is 5.42. The van der Waals surface area contributed by atoms with E-state index in [-0.39, 0.29) is 0 Å². The van der Waals surface area contributed by atoms with E-state index in [9.17, 15) is 0 Å². The number of rotatable bonds is 4. The maximum atomic E-state index is 8.70. The average molecular weight is 216 g/mol. The van der Waals surface area contributed by atoms with Gasteiger partial charge in [0.2, 0.25) is 0 Å². The molecule has 0 bridgehead atoms. The molecule has 2 rings (SSSR count). The van der Waals surface area contributed by atoms with Crippen molar-refractivity contribution in [3.63, 3.8) is 0 Å². The first-order chi connectivity index (χ1) is 7.76. The zero-order valence-electron chi connectivity index (χ0n) is 9.43. The van der Waals surface area contributed by atoms with Crippen LogP contribution in [0.15, 0.2) is 18.3 Å². The normalized spacial score (nSPS) is 16.6. The van der Waals surface area contributed by atoms with Gasteiger partial charge in [0.05, 0.1) is 5.56 Å². The Hall–Kier alpha value is -1.60. The van der Waals surface area contributed by atoms with E-state index in [1.54, 1.807) is 12.3 Å². The molecular formula is C12H16N4. The predicted molar refractivity (Wildman–Crippen MR) is 62.9 cm³/mol. The maximum absolute atomic E-state index is 8.70. The summed E-state index contributed by atoms with van der Waals surface area (Å²) in [6, 6.07) is 6.11. The number of anilines is 1. The number of aromatic nitrogens is 1. The Balaban J connectivity index is 2.12. The minimum absolute atomic E-state index is 0.375. The fourth-order valence-electron chi connectivity index (χ4n) is 1.98. The molecule has 84 valence electrons. The monoisotopic (exact) mass is 216 g/mol. The Morgan fingerprint density at radius 2 is 2.38 bits per heavy atom. The number of nitrogens with two attached hydrogens (primary N) is 1. The first kappa shape index (κ1) is 10.9. The summed E-state index contributed by atoms with van der Waals surface area (Å²) in [4.78, 5) is 6.40. The van der Waals surface area contributed by atoms with Crippen LogP contribution in [0.25, 0.3) is 0 Å². The first-order valence-electron chi connectivity index (χ1n) is 5.55. The van der Waals surface area contributed by atoms with Crippen LogP contribution in [0, 0.1) is 17.2 Å². The fraction of sp³-hybridized carbons (Fsp3) is 0.500. The van der Waals surface area contributed by atoms with Gasteiger partial charge in [-0.1, -0.05) is 0 Å². The van der Waals surface area contributed by atoms with E-state index in [0.717, 1.165) is 5.82 Å². The number of nitriles is 1. The van der Waals surface area contributed by atoms with Crippen LogP contribution in [-0.4, -0.2) is 24.6 Å². The third-order valence-corrected chi connectivity index (χ3v) is 3.14. The maximum Gasteiger partial charge on any atom is 0.128 e. The largest absolute Gasteiger partial charge is 0.355 e. The van der Waals surface area contributed by atoms with E-state index in [1.807, 2.05) is 13.1 Å². The highest BCUT2D eigenvalue weighted by atomic mass is 15.2. The van der Waals surface area contributed by atoms with Gasteiger partial charge in [-0.05, 0) is 30.9 Å². The molecule has 4 nitrogen and oxygen atoms in total. The van der Waals surface area contributed by atoms with E-state index >= 15 is 0 Å². The van der Waals surface area contributed by atoms with Gasteiger partial charge in [0.1, 0.15) is 11.9 Å². The second kappa shape index (κ2) is 4.50. The molecule has 0 spiro atoms. The second-order valence-corrected chi connectivity index (χ2v) is 4.27. The predicted octanol–water partition coefficient (Wildman–Crippen LogP) is 1.13. The zero-order chi connectivity index (χ0) is 11.5. The van der Waals surface area contributed by atoms with Crippen LogP contribution in [0.3, 0.4) is 0 Å². The van der Waals surface area contributed by atoms with Crippen LogP contribution in [0.5, 0.6) is 0 Å². The van der Waals surface area contributed by atoms with E-state index in [1.165, 1.54) is 12.8 Å². The standard InChI is InChI=1S/C12H16N4/c1-16(11(7-14)10-3-4-10)12-5-2-9(6-13)8-15-12/h2,5,8,10-11H,3-4,7,14H2,1H3. The van der Waals surface area contributed by atoms with E-state index in [2.05, 4.69) is 16.0 Å². The van der Waals surface area contributed by atoms with Gasteiger partial charge in [0.25, 0.3) is 0 Å². The zero-order valence-corrected chi connectivity index (χ0v) is 9.43. The quantitative estimate of drug-likeness (QED) is 0.819. The van der Waals surface area contributed by atoms with Crippen LogP contribution >= 0.6 is 0 Å². The van der Waals surface area contributed by atoms with Gasteiger partial charge in [-0.15, -0.1) is 0 Å². The molecule has 0 saturated heterocycles. The van der Waals surface area contributed by atoms with Crippen LogP contribution in [0.2, 0.25) is 0 Å². The lowest BCUT2D eigenvalue weighted by Gasteiger charge is -2.28. The molecule has 0 radical (unpaired) electrons. The molecule has 1 aliphatic carbocycles. The Kier molecular flexibility index (Phi) is 3.07. The van der Waals surface area contributed by atoms with Gasteiger partial charge in [-0.25, -0.2) is 4.98 Å². The third-order valence-electron chi connectivity index (χ3n) is 3.14. The molecule has 2 N–H and O–H groups in total. The van der Waals surface area contributed by atoms with Gasteiger partial charge in [0.15, 0.2) is 0 Å². The molecule has 16 heavy (non-hydrogen) atoms. The van der Waals surface area contributed by atoms with Gasteiger partial charge in [-0.3, -0.25) is 0 Å². The summed E-state index contributed by atoms with van der Waals surface area (Å²) >= 11 is 0. The van der Waals surface area contributed by atoms with E-state index in [4.69, 9.17) is 11.0 Å². The summed E-state index contributed by atoms with van der Waals surface area (Å²) in [5.74, 6) is 1.61. The molecular weight excluding hydrogens is 200 g/mol. The number of pyridine rings is 1. The molecule has 1 atom stereocenters. The van der Waals surface area contributed by atoms with E-state index in [0.29, 0.717) is 24.1 Å². The number of hydrogen-bond donors (Lipinski definition) is 1. The van der Waals surface area contributed by atoms with Crippen molar-refractivity contribution >= 4 is 5.82 Å². The molecule has 0 aromatic carbocycles. The lowest BCUT2D eigenvalue weighted by Crippen LogP contribution is -2.40. The summed E-state index contributed by atoms with van der Waals surface area (Å²) in [6.45, 7) is 0.656. The van der Waals surface area contributed by atoms with Gasteiger partial charge >= 0.3 is 0 Å². The van der Waals surface area contributed by atoms with Crippen LogP contribution in [0.4, 0.5) is 5.82 Å². The molecule has 1 saturated carbocycles. The second-order valence-electron chi connectivity index (χ2n) is 4.27. The topological polar surface area (TPSA) is 65.9 Å². The van der Waals surface area contributed by atoms with Crippen molar-refractivity contribution in [1.82, 2.24) is 4.98 Å². The first-order valence-corrected chi connectivity index (χ1v) is 5.55. The molecule has 1 unspecified atom stereocenters. The number of nitrogens with zero attached hydrogens (tertiary/aromatic N) is 3. The summed E-state index contributed by atoms with van der Waals surface area (Å²) < 4.78 is 0. The van der Waals surface area contributed by atoms with Crippen molar-refractivity contribution in [3.05, 3.63) is 23.9 Å². The Morgan fingerprint density at radius 1 is 1.62 bits per heavy atom. The minimum atomic E-state index is 0.375. The third kappa shape index (κ3) is 2.15. The van der Waals surface area contributed by atoms with E-state index < -0.39 is 0 Å². The average Bonchev–Trinajstić information content (AvgIpc) is 3.14. The van der Waals surface area contributed by atoms with Gasteiger partial charge in [0, 0.05) is 25.8 Å². The highest BCUT2D eigenvalue weighted by Crippen LogP contribution is 2.35. The SMILES string of the molecule is CN(c1ccc(C#N)cn1)C(CN)C1CC1. The van der Waals surface area contributed by atoms with Gasteiger partial charge < -0.3 is 10.6 Å². The lowest BCUT2D eigenvalue weighted by molar-refractivity contribution is 0.566. The summed E-state index contributed by atoms with van der Waals surface area (Å²) in [5.41, 5.74) is 6.38. The molecule has 1 fully saturated rings. The molecule has 1 aromatic rings. The van der Waals surface area contributed by atoms with Crippen LogP contribution in [0.1, 0.15) is 18.4 Å². The van der Waals surface area contributed by atoms with Crippen molar-refractivity contribution in [2.75, 3.05) is 18.5 Å². The van der Waals surface area contributed by atoms with Crippen LogP contribution < -0.4 is 10.6 Å². The van der Waals surface area contributed by atoms with Crippen molar-refractivity contribution in [3.8, 4) is 6.07 Å². The Bertz CT molecular complexity index is 388. The van der Waals surface area contributed by atoms with Gasteiger partial charge in [-0.2, -0.15) is 5.26 Å². The highest BCUT2D eigenvalue weighted by Gasteiger charge is 2.33. The molecule has 1 aromatic heterocycles. The summed E-state index contributed by atoms with van der Waals surface area (Å²) in [6.07, 6.45) is 4.14. The number of hydrogen-bond acceptors (Lipinski definition) is 4. The van der Waals surface area contributed by atoms with Crippen molar-refractivity contribution in [1.29, 1.82) is 5.26 Å². The minimum Gasteiger partial charge on any atom is -0.355 e. The fourth-order valence-corrected chi connectivity index (χ4v) is 1.98.